The molecule has 1 heterocycles. The van der Waals surface area contributed by atoms with Crippen LogP contribution in [0.15, 0.2) is 9.85 Å². The lowest BCUT2D eigenvalue weighted by Gasteiger charge is -2.20. The van der Waals surface area contributed by atoms with Gasteiger partial charge in [-0.25, -0.2) is 0 Å². The molecule has 0 aromatic carbocycles. The van der Waals surface area contributed by atoms with Crippen molar-refractivity contribution in [2.75, 3.05) is 12.3 Å². The zero-order valence-electron chi connectivity index (χ0n) is 8.14. The quantitative estimate of drug-likeness (QED) is 0.569. The molecular weight excluding hydrogens is 218 g/mol. The van der Waals surface area contributed by atoms with Crippen LogP contribution in [0.1, 0.15) is 19.8 Å². The summed E-state index contributed by atoms with van der Waals surface area (Å²) >= 11 is 3.21. The van der Waals surface area contributed by atoms with Crippen LogP contribution in [0, 0.1) is 0 Å². The van der Waals surface area contributed by atoms with Gasteiger partial charge in [-0.15, -0.1) is 10.2 Å². The number of aliphatic hydroxyl groups is 1. The van der Waals surface area contributed by atoms with Gasteiger partial charge in [0.25, 0.3) is 0 Å². The van der Waals surface area contributed by atoms with Gasteiger partial charge in [0.15, 0.2) is 4.34 Å². The van der Waals surface area contributed by atoms with E-state index in [2.05, 4.69) is 10.2 Å². The van der Waals surface area contributed by atoms with Gasteiger partial charge in [0.1, 0.15) is 5.51 Å². The van der Waals surface area contributed by atoms with Gasteiger partial charge in [0.2, 0.25) is 0 Å². The number of nitrogens with two attached hydrogens (primary N) is 1. The maximum absolute atomic E-state index is 9.62. The normalized spacial score (nSPS) is 15.4. The van der Waals surface area contributed by atoms with Crippen molar-refractivity contribution >= 4 is 23.1 Å². The third kappa shape index (κ3) is 4.36. The number of rotatable bonds is 6. The van der Waals surface area contributed by atoms with Crippen LogP contribution < -0.4 is 5.73 Å². The zero-order chi connectivity index (χ0) is 10.4. The predicted molar refractivity (Wildman–Crippen MR) is 59.5 cm³/mol. The van der Waals surface area contributed by atoms with Gasteiger partial charge >= 0.3 is 0 Å². The molecule has 0 bridgehead atoms. The van der Waals surface area contributed by atoms with E-state index in [-0.39, 0.29) is 0 Å². The summed E-state index contributed by atoms with van der Waals surface area (Å²) < 4.78 is 0.984. The molecule has 6 heteroatoms. The highest BCUT2D eigenvalue weighted by molar-refractivity contribution is 8.00. The highest BCUT2D eigenvalue weighted by Crippen LogP contribution is 2.21. The highest BCUT2D eigenvalue weighted by Gasteiger charge is 2.16. The molecule has 14 heavy (non-hydrogen) atoms. The van der Waals surface area contributed by atoms with Crippen molar-refractivity contribution in [2.45, 2.75) is 29.7 Å². The summed E-state index contributed by atoms with van der Waals surface area (Å²) in [6, 6.07) is 0. The van der Waals surface area contributed by atoms with Gasteiger partial charge in [-0.3, -0.25) is 0 Å². The van der Waals surface area contributed by atoms with Gasteiger partial charge in [0, 0.05) is 12.3 Å². The Balaban J connectivity index is 2.11. The first-order chi connectivity index (χ1) is 6.64. The predicted octanol–water partition coefficient (Wildman–Crippen LogP) is 1.12. The molecule has 0 amide bonds. The standard InChI is InChI=1S/C8H15N3OS2/c1-8(12,5-9)3-2-4-13-7-11-10-6-14-7/h6,12H,2-5,9H2,1H3. The molecule has 0 aliphatic heterocycles. The van der Waals surface area contributed by atoms with Crippen LogP contribution in [-0.2, 0) is 0 Å². The minimum Gasteiger partial charge on any atom is -0.389 e. The van der Waals surface area contributed by atoms with E-state index in [9.17, 15) is 5.11 Å². The zero-order valence-corrected chi connectivity index (χ0v) is 9.77. The van der Waals surface area contributed by atoms with E-state index in [1.165, 1.54) is 0 Å². The molecule has 0 radical (unpaired) electrons. The van der Waals surface area contributed by atoms with E-state index in [1.54, 1.807) is 35.5 Å². The fourth-order valence-corrected chi connectivity index (χ4v) is 2.44. The Morgan fingerprint density at radius 3 is 3.07 bits per heavy atom. The monoisotopic (exact) mass is 233 g/mol. The number of hydrogen-bond donors (Lipinski definition) is 2. The van der Waals surface area contributed by atoms with E-state index < -0.39 is 5.60 Å². The average Bonchev–Trinajstić information content (AvgIpc) is 2.65. The van der Waals surface area contributed by atoms with Gasteiger partial charge in [0.05, 0.1) is 5.60 Å². The lowest BCUT2D eigenvalue weighted by Crippen LogP contribution is -2.34. The van der Waals surface area contributed by atoms with Gasteiger partial charge in [-0.2, -0.15) is 0 Å². The van der Waals surface area contributed by atoms with E-state index in [1.807, 2.05) is 0 Å². The van der Waals surface area contributed by atoms with E-state index in [4.69, 9.17) is 5.73 Å². The molecular formula is C8H15N3OS2. The van der Waals surface area contributed by atoms with Crippen LogP contribution >= 0.6 is 23.1 Å². The summed E-state index contributed by atoms with van der Waals surface area (Å²) in [5.41, 5.74) is 6.41. The van der Waals surface area contributed by atoms with Gasteiger partial charge in [-0.05, 0) is 19.8 Å². The Hall–Kier alpha value is -0.170. The molecule has 1 unspecified atom stereocenters. The second kappa shape index (κ2) is 5.65. The first-order valence-corrected chi connectivity index (χ1v) is 6.32. The van der Waals surface area contributed by atoms with Crippen molar-refractivity contribution in [1.29, 1.82) is 0 Å². The summed E-state index contributed by atoms with van der Waals surface area (Å²) in [5, 5.41) is 17.3. The van der Waals surface area contributed by atoms with Crippen LogP contribution in [0.4, 0.5) is 0 Å². The van der Waals surface area contributed by atoms with E-state index >= 15 is 0 Å². The molecule has 1 atom stereocenters. The topological polar surface area (TPSA) is 72.0 Å². The molecule has 1 aromatic heterocycles. The average molecular weight is 233 g/mol. The number of aromatic nitrogens is 2. The molecule has 0 spiro atoms. The third-order valence-corrected chi connectivity index (χ3v) is 3.81. The van der Waals surface area contributed by atoms with E-state index in [0.717, 1.165) is 22.9 Å². The molecule has 1 rings (SSSR count). The molecule has 1 aromatic rings. The maximum Gasteiger partial charge on any atom is 0.174 e. The molecule has 0 saturated heterocycles. The van der Waals surface area contributed by atoms with Crippen LogP contribution in [0.5, 0.6) is 0 Å². The lowest BCUT2D eigenvalue weighted by atomic mass is 10.0. The lowest BCUT2D eigenvalue weighted by molar-refractivity contribution is 0.0596. The van der Waals surface area contributed by atoms with Crippen molar-refractivity contribution in [3.8, 4) is 0 Å². The number of thioether (sulfide) groups is 1. The summed E-state index contributed by atoms with van der Waals surface area (Å²) in [6.07, 6.45) is 1.67. The summed E-state index contributed by atoms with van der Waals surface area (Å²) in [7, 11) is 0. The largest absolute Gasteiger partial charge is 0.389 e. The first-order valence-electron chi connectivity index (χ1n) is 4.45. The minimum absolute atomic E-state index is 0.316. The van der Waals surface area contributed by atoms with Crippen LogP contribution in [-0.4, -0.2) is 33.2 Å². The SMILES string of the molecule is CC(O)(CN)CCCSc1nncs1. The van der Waals surface area contributed by atoms with Crippen molar-refractivity contribution in [3.63, 3.8) is 0 Å². The van der Waals surface area contributed by atoms with Gasteiger partial charge in [-0.1, -0.05) is 23.1 Å². The molecule has 4 nitrogen and oxygen atoms in total. The molecule has 0 aliphatic rings. The third-order valence-electron chi connectivity index (χ3n) is 1.87. The smallest absolute Gasteiger partial charge is 0.174 e. The van der Waals surface area contributed by atoms with Crippen molar-refractivity contribution in [3.05, 3.63) is 5.51 Å². The molecule has 0 saturated carbocycles. The Morgan fingerprint density at radius 1 is 1.71 bits per heavy atom. The van der Waals surface area contributed by atoms with Crippen molar-refractivity contribution in [2.24, 2.45) is 5.73 Å². The summed E-state index contributed by atoms with van der Waals surface area (Å²) in [6.45, 7) is 2.08. The van der Waals surface area contributed by atoms with Crippen molar-refractivity contribution in [1.82, 2.24) is 10.2 Å². The molecule has 80 valence electrons. The Kier molecular flexibility index (Phi) is 4.80. The minimum atomic E-state index is -0.721. The number of hydrogen-bond acceptors (Lipinski definition) is 6. The van der Waals surface area contributed by atoms with Crippen molar-refractivity contribution < 1.29 is 5.11 Å². The highest BCUT2D eigenvalue weighted by atomic mass is 32.2. The van der Waals surface area contributed by atoms with Crippen LogP contribution in [0.2, 0.25) is 0 Å². The fraction of sp³-hybridized carbons (Fsp3) is 0.750. The van der Waals surface area contributed by atoms with Crippen LogP contribution in [0.3, 0.4) is 0 Å². The Morgan fingerprint density at radius 2 is 2.50 bits per heavy atom. The molecule has 3 N–H and O–H groups in total. The first kappa shape index (κ1) is 11.9. The fourth-order valence-electron chi connectivity index (χ4n) is 0.940. The molecule has 0 aliphatic carbocycles. The van der Waals surface area contributed by atoms with Gasteiger partial charge < -0.3 is 10.8 Å². The van der Waals surface area contributed by atoms with Crippen LogP contribution in [0.25, 0.3) is 0 Å². The van der Waals surface area contributed by atoms with E-state index in [0.29, 0.717) is 6.54 Å². The number of nitrogens with zero attached hydrogens (tertiary/aromatic N) is 2. The second-order valence-electron chi connectivity index (χ2n) is 3.36. The molecule has 0 fully saturated rings. The Labute approximate surface area is 91.9 Å². The maximum atomic E-state index is 9.62. The summed E-state index contributed by atoms with van der Waals surface area (Å²) in [4.78, 5) is 0. The Bertz CT molecular complexity index is 251. The second-order valence-corrected chi connectivity index (χ2v) is 5.53. The summed E-state index contributed by atoms with van der Waals surface area (Å²) in [5.74, 6) is 0.950.